The highest BCUT2D eigenvalue weighted by molar-refractivity contribution is 7.98. The van der Waals surface area contributed by atoms with Crippen molar-refractivity contribution in [2.75, 3.05) is 13.0 Å². The Kier molecular flexibility index (Phi) is 4.73. The number of benzene rings is 2. The number of nitrogens with zero attached hydrogens (tertiary/aromatic N) is 3. The summed E-state index contributed by atoms with van der Waals surface area (Å²) in [5.41, 5.74) is 1.91. The van der Waals surface area contributed by atoms with Crippen LogP contribution in [0.2, 0.25) is 5.02 Å². The monoisotopic (exact) mass is 346 g/mol. The van der Waals surface area contributed by atoms with Crippen LogP contribution in [0.1, 0.15) is 5.56 Å². The Morgan fingerprint density at radius 3 is 2.78 bits per heavy atom. The molecule has 0 saturated carbocycles. The van der Waals surface area contributed by atoms with Crippen molar-refractivity contribution in [2.24, 2.45) is 0 Å². The van der Waals surface area contributed by atoms with Crippen molar-refractivity contribution in [1.82, 2.24) is 14.9 Å². The highest BCUT2D eigenvalue weighted by Crippen LogP contribution is 2.30. The van der Waals surface area contributed by atoms with Crippen LogP contribution >= 0.6 is 23.4 Å². The van der Waals surface area contributed by atoms with E-state index < -0.39 is 0 Å². The van der Waals surface area contributed by atoms with Crippen molar-refractivity contribution in [3.05, 3.63) is 59.1 Å². The van der Waals surface area contributed by atoms with E-state index in [0.29, 0.717) is 27.5 Å². The molecule has 23 heavy (non-hydrogen) atoms. The van der Waals surface area contributed by atoms with E-state index in [1.807, 2.05) is 48.5 Å². The highest BCUT2D eigenvalue weighted by atomic mass is 35.5. The van der Waals surface area contributed by atoms with Gasteiger partial charge in [0, 0.05) is 10.8 Å². The summed E-state index contributed by atoms with van der Waals surface area (Å²) in [5.74, 6) is 8.12. The number of nitrogens with two attached hydrogens (primary N) is 1. The Balaban J connectivity index is 1.82. The molecule has 3 aromatic rings. The maximum atomic E-state index is 6.14. The number of hydrogen-bond donors (Lipinski definition) is 1. The lowest BCUT2D eigenvalue weighted by Gasteiger charge is -2.08. The number of hydrogen-bond acceptors (Lipinski definition) is 5. The molecule has 0 radical (unpaired) electrons. The number of thioether (sulfide) groups is 1. The van der Waals surface area contributed by atoms with Gasteiger partial charge in [0.15, 0.2) is 5.82 Å². The molecule has 118 valence electrons. The summed E-state index contributed by atoms with van der Waals surface area (Å²) in [6.07, 6.45) is 0. The van der Waals surface area contributed by atoms with Gasteiger partial charge in [-0.3, -0.25) is 0 Å². The number of methoxy groups -OCH3 is 1. The molecule has 0 fully saturated rings. The molecule has 0 aliphatic carbocycles. The number of halogens is 1. The smallest absolute Gasteiger partial charge is 0.210 e. The number of para-hydroxylation sites is 1. The molecule has 0 unspecified atom stereocenters. The predicted octanol–water partition coefficient (Wildman–Crippen LogP) is 3.61. The molecular weight excluding hydrogens is 332 g/mol. The zero-order valence-electron chi connectivity index (χ0n) is 12.4. The van der Waals surface area contributed by atoms with Crippen molar-refractivity contribution in [3.8, 4) is 17.1 Å². The van der Waals surface area contributed by atoms with Crippen LogP contribution in [0.5, 0.6) is 5.75 Å². The molecule has 0 amide bonds. The Hall–Kier alpha value is -2.18. The van der Waals surface area contributed by atoms with Crippen LogP contribution in [0.4, 0.5) is 0 Å². The van der Waals surface area contributed by atoms with Gasteiger partial charge in [-0.05, 0) is 29.8 Å². The van der Waals surface area contributed by atoms with Crippen molar-refractivity contribution in [2.45, 2.75) is 10.9 Å². The van der Waals surface area contributed by atoms with Gasteiger partial charge in [0.05, 0.1) is 12.7 Å². The largest absolute Gasteiger partial charge is 0.496 e. The zero-order chi connectivity index (χ0) is 16.2. The lowest BCUT2D eigenvalue weighted by atomic mass is 10.2. The molecule has 1 heterocycles. The normalized spacial score (nSPS) is 10.7. The quantitative estimate of drug-likeness (QED) is 0.564. The standard InChI is InChI=1S/C16H15ClN4OS/c1-22-14-8-3-2-7-13(14)15-19-20-16(21(15)18)23-10-11-5-4-6-12(17)9-11/h2-9H,10,18H2,1H3. The third-order valence-corrected chi connectivity index (χ3v) is 4.52. The minimum atomic E-state index is 0.566. The Bertz CT molecular complexity index is 821. The topological polar surface area (TPSA) is 66.0 Å². The fourth-order valence-electron chi connectivity index (χ4n) is 2.16. The van der Waals surface area contributed by atoms with Crippen molar-refractivity contribution in [1.29, 1.82) is 0 Å². The molecule has 0 bridgehead atoms. The van der Waals surface area contributed by atoms with E-state index in [2.05, 4.69) is 10.2 Å². The van der Waals surface area contributed by atoms with E-state index in [4.69, 9.17) is 22.2 Å². The van der Waals surface area contributed by atoms with E-state index in [-0.39, 0.29) is 0 Å². The Morgan fingerprint density at radius 2 is 2.00 bits per heavy atom. The summed E-state index contributed by atoms with van der Waals surface area (Å²) in [6.45, 7) is 0. The van der Waals surface area contributed by atoms with Crippen LogP contribution in [-0.4, -0.2) is 22.0 Å². The molecular formula is C16H15ClN4OS. The fourth-order valence-corrected chi connectivity index (χ4v) is 3.18. The predicted molar refractivity (Wildman–Crippen MR) is 93.2 cm³/mol. The summed E-state index contributed by atoms with van der Waals surface area (Å²) in [5, 5.41) is 9.70. The second-order valence-electron chi connectivity index (χ2n) is 4.80. The zero-order valence-corrected chi connectivity index (χ0v) is 14.0. The van der Waals surface area contributed by atoms with Gasteiger partial charge in [0.25, 0.3) is 0 Å². The van der Waals surface area contributed by atoms with E-state index >= 15 is 0 Å². The number of ether oxygens (including phenoxy) is 1. The highest BCUT2D eigenvalue weighted by Gasteiger charge is 2.15. The summed E-state index contributed by atoms with van der Waals surface area (Å²) in [4.78, 5) is 0. The molecule has 0 saturated heterocycles. The maximum absolute atomic E-state index is 6.14. The average Bonchev–Trinajstić information content (AvgIpc) is 2.93. The number of nitrogen functional groups attached to an aromatic ring is 1. The van der Waals surface area contributed by atoms with Crippen molar-refractivity contribution in [3.63, 3.8) is 0 Å². The molecule has 3 rings (SSSR count). The van der Waals surface area contributed by atoms with Gasteiger partial charge in [0.1, 0.15) is 5.75 Å². The van der Waals surface area contributed by atoms with Crippen molar-refractivity contribution < 1.29 is 4.74 Å². The fraction of sp³-hybridized carbons (Fsp3) is 0.125. The molecule has 0 atom stereocenters. The van der Waals surface area contributed by atoms with Gasteiger partial charge in [-0.25, -0.2) is 4.68 Å². The molecule has 0 aliphatic rings. The first kappa shape index (κ1) is 15.7. The van der Waals surface area contributed by atoms with Gasteiger partial charge in [0.2, 0.25) is 5.16 Å². The van der Waals surface area contributed by atoms with Crippen LogP contribution in [0.3, 0.4) is 0 Å². The van der Waals surface area contributed by atoms with Crippen molar-refractivity contribution >= 4 is 23.4 Å². The molecule has 2 N–H and O–H groups in total. The average molecular weight is 347 g/mol. The van der Waals surface area contributed by atoms with Gasteiger partial charge < -0.3 is 10.6 Å². The maximum Gasteiger partial charge on any atom is 0.210 e. The molecule has 7 heteroatoms. The number of aromatic nitrogens is 3. The van der Waals surface area contributed by atoms with E-state index in [9.17, 15) is 0 Å². The van der Waals surface area contributed by atoms with Crippen LogP contribution in [-0.2, 0) is 5.75 Å². The van der Waals surface area contributed by atoms with Gasteiger partial charge in [-0.15, -0.1) is 10.2 Å². The SMILES string of the molecule is COc1ccccc1-c1nnc(SCc2cccc(Cl)c2)n1N. The lowest BCUT2D eigenvalue weighted by molar-refractivity contribution is 0.416. The summed E-state index contributed by atoms with van der Waals surface area (Å²) >= 11 is 7.50. The van der Waals surface area contributed by atoms with Gasteiger partial charge in [-0.1, -0.05) is 47.6 Å². The minimum absolute atomic E-state index is 0.566. The van der Waals surface area contributed by atoms with E-state index in [1.54, 1.807) is 7.11 Å². The van der Waals surface area contributed by atoms with Gasteiger partial charge in [-0.2, -0.15) is 0 Å². The lowest BCUT2D eigenvalue weighted by Crippen LogP contribution is -2.11. The summed E-state index contributed by atoms with van der Waals surface area (Å²) in [7, 11) is 1.62. The van der Waals surface area contributed by atoms with Crippen LogP contribution in [0.15, 0.2) is 53.7 Å². The first-order chi connectivity index (χ1) is 11.2. The van der Waals surface area contributed by atoms with E-state index in [1.165, 1.54) is 16.4 Å². The van der Waals surface area contributed by atoms with Crippen LogP contribution < -0.4 is 10.6 Å². The minimum Gasteiger partial charge on any atom is -0.496 e. The van der Waals surface area contributed by atoms with Crippen LogP contribution in [0, 0.1) is 0 Å². The Morgan fingerprint density at radius 1 is 1.17 bits per heavy atom. The first-order valence-corrected chi connectivity index (χ1v) is 8.26. The Labute approximate surface area is 143 Å². The second-order valence-corrected chi connectivity index (χ2v) is 6.17. The third-order valence-electron chi connectivity index (χ3n) is 3.27. The third kappa shape index (κ3) is 3.43. The number of rotatable bonds is 5. The summed E-state index contributed by atoms with van der Waals surface area (Å²) in [6, 6.07) is 15.3. The molecule has 1 aromatic heterocycles. The summed E-state index contributed by atoms with van der Waals surface area (Å²) < 4.78 is 6.83. The molecule has 0 aliphatic heterocycles. The molecule has 0 spiro atoms. The van der Waals surface area contributed by atoms with Crippen LogP contribution in [0.25, 0.3) is 11.4 Å². The molecule has 5 nitrogen and oxygen atoms in total. The molecule has 2 aromatic carbocycles. The van der Waals surface area contributed by atoms with E-state index in [0.717, 1.165) is 11.1 Å². The first-order valence-electron chi connectivity index (χ1n) is 6.90. The van der Waals surface area contributed by atoms with Gasteiger partial charge >= 0.3 is 0 Å². The second kappa shape index (κ2) is 6.93.